The van der Waals surface area contributed by atoms with Gasteiger partial charge < -0.3 is 14.4 Å². The minimum absolute atomic E-state index is 0.0173. The Bertz CT molecular complexity index is 532. The van der Waals surface area contributed by atoms with Gasteiger partial charge in [0.05, 0.1) is 25.7 Å². The van der Waals surface area contributed by atoms with Gasteiger partial charge in [-0.1, -0.05) is 0 Å². The summed E-state index contributed by atoms with van der Waals surface area (Å²) >= 11 is 0. The largest absolute Gasteiger partial charge is 0.497 e. The second-order valence-electron chi connectivity index (χ2n) is 4.61. The Kier molecular flexibility index (Phi) is 4.22. The van der Waals surface area contributed by atoms with E-state index in [1.165, 1.54) is 37.3 Å². The smallest absolute Gasteiger partial charge is 0.310 e. The molecule has 0 unspecified atom stereocenters. The van der Waals surface area contributed by atoms with E-state index in [1.807, 2.05) is 0 Å². The fraction of sp³-hybridized carbons (Fsp3) is 0.429. The molecule has 1 amide bonds. The maximum Gasteiger partial charge on any atom is 0.310 e. The first kappa shape index (κ1) is 14.3. The summed E-state index contributed by atoms with van der Waals surface area (Å²) in [6, 6.07) is 4.09. The number of halogens is 1. The number of amides is 1. The van der Waals surface area contributed by atoms with Crippen molar-refractivity contribution in [1.29, 1.82) is 0 Å². The van der Waals surface area contributed by atoms with Gasteiger partial charge in [0.15, 0.2) is 0 Å². The summed E-state index contributed by atoms with van der Waals surface area (Å²) in [5.74, 6) is -1.36. The number of rotatable bonds is 3. The predicted molar refractivity (Wildman–Crippen MR) is 69.0 cm³/mol. The second-order valence-corrected chi connectivity index (χ2v) is 4.61. The summed E-state index contributed by atoms with van der Waals surface area (Å²) in [4.78, 5) is 25.1. The van der Waals surface area contributed by atoms with Crippen LogP contribution in [0, 0.1) is 11.7 Å². The average molecular weight is 281 g/mol. The lowest BCUT2D eigenvalue weighted by atomic mass is 10.1. The first-order chi connectivity index (χ1) is 9.56. The summed E-state index contributed by atoms with van der Waals surface area (Å²) < 4.78 is 23.4. The highest BCUT2D eigenvalue weighted by atomic mass is 19.1. The number of esters is 1. The minimum atomic E-state index is -0.629. The van der Waals surface area contributed by atoms with E-state index in [0.717, 1.165) is 0 Å². The molecule has 0 radical (unpaired) electrons. The standard InChI is InChI=1S/C14H16FNO4/c1-19-10-3-4-11(12(15)7-10)13(17)16-6-5-9(8-16)14(18)20-2/h3-4,7,9H,5-6,8H2,1-2H3/t9-/m0/s1. The molecule has 1 atom stereocenters. The quantitative estimate of drug-likeness (QED) is 0.787. The fourth-order valence-corrected chi connectivity index (χ4v) is 2.27. The molecule has 1 aliphatic rings. The normalized spacial score (nSPS) is 17.9. The van der Waals surface area contributed by atoms with Crippen molar-refractivity contribution in [3.8, 4) is 5.75 Å². The van der Waals surface area contributed by atoms with Crippen molar-refractivity contribution >= 4 is 11.9 Å². The van der Waals surface area contributed by atoms with Gasteiger partial charge in [0.2, 0.25) is 0 Å². The number of hydrogen-bond donors (Lipinski definition) is 0. The maximum atomic E-state index is 13.8. The summed E-state index contributed by atoms with van der Waals surface area (Å²) in [6.07, 6.45) is 0.538. The number of benzene rings is 1. The highest BCUT2D eigenvalue weighted by molar-refractivity contribution is 5.95. The van der Waals surface area contributed by atoms with Gasteiger partial charge in [-0.3, -0.25) is 9.59 Å². The number of methoxy groups -OCH3 is 2. The molecule has 108 valence electrons. The van der Waals surface area contributed by atoms with E-state index in [4.69, 9.17) is 4.74 Å². The van der Waals surface area contributed by atoms with Crippen LogP contribution in [0.15, 0.2) is 18.2 Å². The van der Waals surface area contributed by atoms with Gasteiger partial charge in [0.25, 0.3) is 5.91 Å². The van der Waals surface area contributed by atoms with E-state index in [1.54, 1.807) is 0 Å². The van der Waals surface area contributed by atoms with Crippen molar-refractivity contribution in [2.45, 2.75) is 6.42 Å². The van der Waals surface area contributed by atoms with Gasteiger partial charge in [-0.15, -0.1) is 0 Å². The Labute approximate surface area is 116 Å². The predicted octanol–water partition coefficient (Wildman–Crippen LogP) is 1.47. The molecular formula is C14H16FNO4. The highest BCUT2D eigenvalue weighted by Crippen LogP contribution is 2.22. The van der Waals surface area contributed by atoms with Crippen molar-refractivity contribution in [2.24, 2.45) is 5.92 Å². The van der Waals surface area contributed by atoms with E-state index >= 15 is 0 Å². The summed E-state index contributed by atoms with van der Waals surface area (Å²) in [7, 11) is 2.74. The minimum Gasteiger partial charge on any atom is -0.497 e. The summed E-state index contributed by atoms with van der Waals surface area (Å²) in [5.41, 5.74) is -0.0173. The third-order valence-electron chi connectivity index (χ3n) is 3.42. The van der Waals surface area contributed by atoms with E-state index in [-0.39, 0.29) is 24.0 Å². The Hall–Kier alpha value is -2.11. The van der Waals surface area contributed by atoms with E-state index < -0.39 is 11.7 Å². The van der Waals surface area contributed by atoms with E-state index in [9.17, 15) is 14.0 Å². The molecule has 0 bridgehead atoms. The number of hydrogen-bond acceptors (Lipinski definition) is 4. The van der Waals surface area contributed by atoms with Crippen LogP contribution in [0.5, 0.6) is 5.75 Å². The second kappa shape index (κ2) is 5.90. The van der Waals surface area contributed by atoms with Gasteiger partial charge in [-0.05, 0) is 18.6 Å². The zero-order valence-electron chi connectivity index (χ0n) is 11.4. The van der Waals surface area contributed by atoms with Crippen molar-refractivity contribution in [3.05, 3.63) is 29.6 Å². The highest BCUT2D eigenvalue weighted by Gasteiger charge is 2.32. The third kappa shape index (κ3) is 2.74. The Balaban J connectivity index is 2.11. The first-order valence-corrected chi connectivity index (χ1v) is 6.27. The molecule has 0 aliphatic carbocycles. The average Bonchev–Trinajstić information content (AvgIpc) is 2.95. The van der Waals surface area contributed by atoms with Crippen LogP contribution in [0.1, 0.15) is 16.8 Å². The molecule has 0 spiro atoms. The van der Waals surface area contributed by atoms with Crippen LogP contribution in [0.2, 0.25) is 0 Å². The van der Waals surface area contributed by atoms with E-state index in [2.05, 4.69) is 4.74 Å². The Morgan fingerprint density at radius 1 is 1.35 bits per heavy atom. The van der Waals surface area contributed by atoms with Crippen LogP contribution >= 0.6 is 0 Å². The Morgan fingerprint density at radius 3 is 2.70 bits per heavy atom. The molecule has 1 aromatic rings. The first-order valence-electron chi connectivity index (χ1n) is 6.27. The van der Waals surface area contributed by atoms with E-state index in [0.29, 0.717) is 18.7 Å². The van der Waals surface area contributed by atoms with Crippen molar-refractivity contribution in [1.82, 2.24) is 4.90 Å². The molecule has 5 nitrogen and oxygen atoms in total. The number of ether oxygens (including phenoxy) is 2. The summed E-state index contributed by atoms with van der Waals surface area (Å²) in [5, 5.41) is 0. The molecule has 0 saturated carbocycles. The van der Waals surface area contributed by atoms with Crippen LogP contribution in [0.25, 0.3) is 0 Å². The van der Waals surface area contributed by atoms with Gasteiger partial charge in [-0.2, -0.15) is 0 Å². The monoisotopic (exact) mass is 281 g/mol. The zero-order chi connectivity index (χ0) is 14.7. The SMILES string of the molecule is COC(=O)[C@H]1CCN(C(=O)c2ccc(OC)cc2F)C1. The van der Waals surface area contributed by atoms with Crippen LogP contribution < -0.4 is 4.74 Å². The van der Waals surface area contributed by atoms with Gasteiger partial charge in [0.1, 0.15) is 11.6 Å². The molecule has 20 heavy (non-hydrogen) atoms. The van der Waals surface area contributed by atoms with Gasteiger partial charge in [-0.25, -0.2) is 4.39 Å². The molecular weight excluding hydrogens is 265 g/mol. The third-order valence-corrected chi connectivity index (χ3v) is 3.42. The van der Waals surface area contributed by atoms with Crippen molar-refractivity contribution in [2.75, 3.05) is 27.3 Å². The zero-order valence-corrected chi connectivity index (χ0v) is 11.4. The van der Waals surface area contributed by atoms with Crippen LogP contribution in [0.4, 0.5) is 4.39 Å². The van der Waals surface area contributed by atoms with Crippen LogP contribution in [0.3, 0.4) is 0 Å². The molecule has 1 aromatic carbocycles. The van der Waals surface area contributed by atoms with Gasteiger partial charge in [0, 0.05) is 19.2 Å². The fourth-order valence-electron chi connectivity index (χ4n) is 2.27. The molecule has 1 saturated heterocycles. The lowest BCUT2D eigenvalue weighted by Crippen LogP contribution is -2.30. The number of likely N-dealkylation sites (tertiary alicyclic amines) is 1. The lowest BCUT2D eigenvalue weighted by Gasteiger charge is -2.16. The van der Waals surface area contributed by atoms with Crippen LogP contribution in [-0.4, -0.2) is 44.1 Å². The molecule has 6 heteroatoms. The maximum absolute atomic E-state index is 13.8. The number of carbonyl (C=O) groups is 2. The number of nitrogens with zero attached hydrogens (tertiary/aromatic N) is 1. The van der Waals surface area contributed by atoms with Crippen molar-refractivity contribution in [3.63, 3.8) is 0 Å². The van der Waals surface area contributed by atoms with Crippen molar-refractivity contribution < 1.29 is 23.5 Å². The molecule has 1 aliphatic heterocycles. The molecule has 1 heterocycles. The molecule has 0 N–H and O–H groups in total. The number of carbonyl (C=O) groups excluding carboxylic acids is 2. The topological polar surface area (TPSA) is 55.8 Å². The Morgan fingerprint density at radius 2 is 2.10 bits per heavy atom. The molecule has 1 fully saturated rings. The molecule has 0 aromatic heterocycles. The molecule has 2 rings (SSSR count). The van der Waals surface area contributed by atoms with Crippen LogP contribution in [-0.2, 0) is 9.53 Å². The lowest BCUT2D eigenvalue weighted by molar-refractivity contribution is -0.144. The summed E-state index contributed by atoms with van der Waals surface area (Å²) in [6.45, 7) is 0.682. The van der Waals surface area contributed by atoms with Gasteiger partial charge >= 0.3 is 5.97 Å².